The number of carbonyl (C=O) groups is 2. The van der Waals surface area contributed by atoms with E-state index in [4.69, 9.17) is 5.11 Å². The highest BCUT2D eigenvalue weighted by atomic mass is 32.2. The number of hydrogen-bond donors (Lipinski definition) is 1. The lowest BCUT2D eigenvalue weighted by molar-refractivity contribution is -0.128. The van der Waals surface area contributed by atoms with Crippen LogP contribution in [0.15, 0.2) is 34.0 Å². The molecule has 1 unspecified atom stereocenters. The van der Waals surface area contributed by atoms with E-state index in [0.717, 1.165) is 42.6 Å². The molecule has 2 aliphatic heterocycles. The van der Waals surface area contributed by atoms with Gasteiger partial charge in [0.2, 0.25) is 5.91 Å². The molecule has 148 valence electrons. The highest BCUT2D eigenvalue weighted by molar-refractivity contribution is 8.01. The molecule has 8 heteroatoms. The van der Waals surface area contributed by atoms with Gasteiger partial charge < -0.3 is 10.0 Å². The van der Waals surface area contributed by atoms with E-state index in [1.165, 1.54) is 34.2 Å². The Bertz CT molecular complexity index is 870. The Morgan fingerprint density at radius 2 is 2.11 bits per heavy atom. The quantitative estimate of drug-likeness (QED) is 0.698. The predicted octanol–water partition coefficient (Wildman–Crippen LogP) is 2.98. The lowest BCUT2D eigenvalue weighted by Gasteiger charge is -2.34. The maximum absolute atomic E-state index is 12.4. The van der Waals surface area contributed by atoms with E-state index in [1.807, 2.05) is 4.90 Å². The summed E-state index contributed by atoms with van der Waals surface area (Å²) in [5.74, 6) is -0.0353. The van der Waals surface area contributed by atoms with Crippen molar-refractivity contribution in [3.05, 3.63) is 46.5 Å². The van der Waals surface area contributed by atoms with E-state index in [1.54, 1.807) is 5.38 Å². The first-order valence-corrected chi connectivity index (χ1v) is 11.4. The summed E-state index contributed by atoms with van der Waals surface area (Å²) in [6.07, 6.45) is 2.62. The van der Waals surface area contributed by atoms with Crippen LogP contribution in [0, 0.1) is 0 Å². The second-order valence-corrected chi connectivity index (χ2v) is 9.39. The molecule has 3 heterocycles. The van der Waals surface area contributed by atoms with Gasteiger partial charge in [-0.3, -0.25) is 9.69 Å². The lowest BCUT2D eigenvalue weighted by atomic mass is 9.99. The van der Waals surface area contributed by atoms with Crippen molar-refractivity contribution in [3.8, 4) is 0 Å². The van der Waals surface area contributed by atoms with Crippen molar-refractivity contribution in [1.29, 1.82) is 0 Å². The Kier molecular flexibility index (Phi) is 5.99. The zero-order valence-electron chi connectivity index (χ0n) is 15.5. The number of thiazole rings is 1. The van der Waals surface area contributed by atoms with E-state index in [9.17, 15) is 9.59 Å². The molecule has 0 radical (unpaired) electrons. The van der Waals surface area contributed by atoms with Crippen LogP contribution in [0.3, 0.4) is 0 Å². The van der Waals surface area contributed by atoms with E-state index < -0.39 is 5.97 Å². The van der Waals surface area contributed by atoms with Crippen molar-refractivity contribution >= 4 is 35.0 Å². The second kappa shape index (κ2) is 8.63. The normalized spacial score (nSPS) is 19.8. The average Bonchev–Trinajstić information content (AvgIpc) is 3.30. The van der Waals surface area contributed by atoms with Crippen LogP contribution < -0.4 is 0 Å². The van der Waals surface area contributed by atoms with Crippen molar-refractivity contribution in [2.45, 2.75) is 36.2 Å². The molecular formula is C20H23N3O3S2. The van der Waals surface area contributed by atoms with Gasteiger partial charge in [-0.15, -0.1) is 11.3 Å². The van der Waals surface area contributed by atoms with Crippen LogP contribution in [0.4, 0.5) is 0 Å². The molecular weight excluding hydrogens is 394 g/mol. The van der Waals surface area contributed by atoms with Crippen molar-refractivity contribution in [1.82, 2.24) is 14.8 Å². The molecule has 1 saturated heterocycles. The topological polar surface area (TPSA) is 73.7 Å². The van der Waals surface area contributed by atoms with Gasteiger partial charge in [0.05, 0.1) is 0 Å². The average molecular weight is 418 g/mol. The highest BCUT2D eigenvalue weighted by Crippen LogP contribution is 2.26. The third-order valence-corrected chi connectivity index (χ3v) is 7.39. The molecule has 1 aromatic heterocycles. The molecule has 6 nitrogen and oxygen atoms in total. The SMILES string of the molecule is O=C(O)c1csc(SCCN2C(=O)CCC2CN2CCc3ccccc3C2)n1. The summed E-state index contributed by atoms with van der Waals surface area (Å²) in [6, 6.07) is 8.88. The van der Waals surface area contributed by atoms with E-state index >= 15 is 0 Å². The van der Waals surface area contributed by atoms with Gasteiger partial charge in [-0.2, -0.15) is 0 Å². The van der Waals surface area contributed by atoms with Crippen molar-refractivity contribution in [2.75, 3.05) is 25.4 Å². The summed E-state index contributed by atoms with van der Waals surface area (Å²) >= 11 is 2.87. The number of carbonyl (C=O) groups excluding carboxylic acids is 1. The molecule has 0 aliphatic carbocycles. The zero-order valence-corrected chi connectivity index (χ0v) is 17.2. The van der Waals surface area contributed by atoms with Gasteiger partial charge in [0, 0.05) is 49.8 Å². The molecule has 0 bridgehead atoms. The van der Waals surface area contributed by atoms with Gasteiger partial charge in [0.15, 0.2) is 10.0 Å². The van der Waals surface area contributed by atoms with Gasteiger partial charge in [-0.05, 0) is 24.0 Å². The third kappa shape index (κ3) is 4.39. The molecule has 2 aromatic rings. The van der Waals surface area contributed by atoms with Crippen LogP contribution >= 0.6 is 23.1 Å². The molecule has 1 aromatic carbocycles. The molecule has 28 heavy (non-hydrogen) atoms. The number of benzene rings is 1. The predicted molar refractivity (Wildman–Crippen MR) is 110 cm³/mol. The van der Waals surface area contributed by atoms with Gasteiger partial charge >= 0.3 is 5.97 Å². The first-order valence-electron chi connectivity index (χ1n) is 9.50. The van der Waals surface area contributed by atoms with Crippen molar-refractivity contribution in [2.24, 2.45) is 0 Å². The summed E-state index contributed by atoms with van der Waals surface area (Å²) in [7, 11) is 0. The number of aromatic carboxylic acids is 1. The molecule has 1 atom stereocenters. The summed E-state index contributed by atoms with van der Waals surface area (Å²) in [4.78, 5) is 31.9. The van der Waals surface area contributed by atoms with Gasteiger partial charge in [0.25, 0.3) is 0 Å². The van der Waals surface area contributed by atoms with E-state index in [-0.39, 0.29) is 17.6 Å². The standard InChI is InChI=1S/C20H23N3O3S2/c24-18-6-5-16(12-22-8-7-14-3-1-2-4-15(14)11-22)23(18)9-10-27-20-21-17(13-28-20)19(25)26/h1-4,13,16H,5-12H2,(H,25,26). The van der Waals surface area contributed by atoms with Crippen LogP contribution in [-0.4, -0.2) is 63.2 Å². The number of thioether (sulfide) groups is 1. The molecule has 1 N–H and O–H groups in total. The monoisotopic (exact) mass is 417 g/mol. The second-order valence-electron chi connectivity index (χ2n) is 7.19. The molecule has 2 aliphatic rings. The van der Waals surface area contributed by atoms with E-state index in [2.05, 4.69) is 34.1 Å². The van der Waals surface area contributed by atoms with Crippen molar-refractivity contribution in [3.63, 3.8) is 0 Å². The number of likely N-dealkylation sites (tertiary alicyclic amines) is 1. The van der Waals surface area contributed by atoms with Crippen LogP contribution in [0.5, 0.6) is 0 Å². The van der Waals surface area contributed by atoms with Gasteiger partial charge in [0.1, 0.15) is 0 Å². The van der Waals surface area contributed by atoms with E-state index in [0.29, 0.717) is 13.0 Å². The number of amides is 1. The third-order valence-electron chi connectivity index (χ3n) is 5.39. The van der Waals surface area contributed by atoms with Crippen LogP contribution in [0.2, 0.25) is 0 Å². The fourth-order valence-corrected chi connectivity index (χ4v) is 5.76. The summed E-state index contributed by atoms with van der Waals surface area (Å²) in [6.45, 7) is 3.60. The fraction of sp³-hybridized carbons (Fsp3) is 0.450. The number of aromatic nitrogens is 1. The fourth-order valence-electron chi connectivity index (χ4n) is 3.95. The minimum atomic E-state index is -0.999. The number of rotatable bonds is 7. The number of carboxylic acid groups (broad SMARTS) is 1. The molecule has 0 saturated carbocycles. The first-order chi connectivity index (χ1) is 13.6. The van der Waals surface area contributed by atoms with Crippen LogP contribution in [-0.2, 0) is 17.8 Å². The summed E-state index contributed by atoms with van der Waals surface area (Å²) in [5.41, 5.74) is 2.94. The minimum absolute atomic E-state index is 0.0907. The number of fused-ring (bicyclic) bond motifs is 1. The number of carboxylic acids is 1. The number of nitrogens with zero attached hydrogens (tertiary/aromatic N) is 3. The molecule has 0 spiro atoms. The van der Waals surface area contributed by atoms with Gasteiger partial charge in [-0.25, -0.2) is 9.78 Å². The Balaban J connectivity index is 1.30. The highest BCUT2D eigenvalue weighted by Gasteiger charge is 2.32. The molecule has 1 fully saturated rings. The zero-order chi connectivity index (χ0) is 19.5. The number of hydrogen-bond acceptors (Lipinski definition) is 6. The first kappa shape index (κ1) is 19.4. The Hall–Kier alpha value is -1.90. The molecule has 4 rings (SSSR count). The van der Waals surface area contributed by atoms with Gasteiger partial charge in [-0.1, -0.05) is 36.0 Å². The smallest absolute Gasteiger partial charge is 0.355 e. The Morgan fingerprint density at radius 3 is 2.89 bits per heavy atom. The summed E-state index contributed by atoms with van der Waals surface area (Å²) < 4.78 is 0.744. The Labute approximate surface area is 172 Å². The Morgan fingerprint density at radius 1 is 1.29 bits per heavy atom. The van der Waals surface area contributed by atoms with Crippen molar-refractivity contribution < 1.29 is 14.7 Å². The van der Waals surface area contributed by atoms with Crippen LogP contribution in [0.25, 0.3) is 0 Å². The van der Waals surface area contributed by atoms with Crippen LogP contribution in [0.1, 0.15) is 34.5 Å². The minimum Gasteiger partial charge on any atom is -0.476 e. The molecule has 1 amide bonds. The maximum atomic E-state index is 12.4. The lowest BCUT2D eigenvalue weighted by Crippen LogP contribution is -2.44. The largest absolute Gasteiger partial charge is 0.476 e. The summed E-state index contributed by atoms with van der Waals surface area (Å²) in [5, 5.41) is 10.5. The maximum Gasteiger partial charge on any atom is 0.355 e.